The lowest BCUT2D eigenvalue weighted by Crippen LogP contribution is -2.50. The summed E-state index contributed by atoms with van der Waals surface area (Å²) in [7, 11) is 0. The normalized spacial score (nSPS) is 16.9. The third-order valence-electron chi connectivity index (χ3n) is 2.81. The first-order valence-corrected chi connectivity index (χ1v) is 4.88. The highest BCUT2D eigenvalue weighted by Gasteiger charge is 2.35. The third-order valence-corrected chi connectivity index (χ3v) is 2.81. The number of hydrogen-bond donors (Lipinski definition) is 0. The maximum Gasteiger partial charge on any atom is 0.417 e. The summed E-state index contributed by atoms with van der Waals surface area (Å²) in [5.74, 6) is 0.0809. The van der Waals surface area contributed by atoms with E-state index in [-0.39, 0.29) is 11.8 Å². The van der Waals surface area contributed by atoms with Crippen molar-refractivity contribution in [3.8, 4) is 0 Å². The Labute approximate surface area is 84.2 Å². The van der Waals surface area contributed by atoms with Crippen LogP contribution >= 0.6 is 0 Å². The number of ether oxygens (including phenoxy) is 1. The number of β-lactam (4-membered cyclic amide) rings is 1. The molecule has 0 spiro atoms. The summed E-state index contributed by atoms with van der Waals surface area (Å²) >= 11 is 0. The highest BCUT2D eigenvalue weighted by Crippen LogP contribution is 2.23. The molecule has 0 aromatic heterocycles. The Balaban J connectivity index is 2.52. The van der Waals surface area contributed by atoms with Crippen LogP contribution in [0, 0.1) is 5.92 Å². The molecule has 0 radical (unpaired) electrons. The number of carbonyl (C=O) groups is 2. The van der Waals surface area contributed by atoms with Crippen LogP contribution in [0.15, 0.2) is 0 Å². The Bertz CT molecular complexity index is 258. The molecule has 1 heterocycles. The minimum absolute atomic E-state index is 0.144. The van der Waals surface area contributed by atoms with Gasteiger partial charge in [0.2, 0.25) is 5.91 Å². The van der Waals surface area contributed by atoms with E-state index in [1.807, 2.05) is 27.7 Å². The van der Waals surface area contributed by atoms with E-state index < -0.39 is 11.7 Å². The maximum absolute atomic E-state index is 11.4. The zero-order chi connectivity index (χ0) is 10.9. The van der Waals surface area contributed by atoms with Gasteiger partial charge >= 0.3 is 6.09 Å². The molecular formula is C10H17NO3. The summed E-state index contributed by atoms with van der Waals surface area (Å²) in [5, 5.41) is 0. The summed E-state index contributed by atoms with van der Waals surface area (Å²) < 4.78 is 5.24. The number of rotatable bonds is 2. The Morgan fingerprint density at radius 1 is 1.50 bits per heavy atom. The number of amides is 2. The Hall–Kier alpha value is -1.06. The second kappa shape index (κ2) is 3.59. The van der Waals surface area contributed by atoms with Crippen molar-refractivity contribution in [2.75, 3.05) is 6.54 Å². The predicted molar refractivity (Wildman–Crippen MR) is 51.7 cm³/mol. The number of hydrogen-bond acceptors (Lipinski definition) is 3. The molecule has 0 atom stereocenters. The van der Waals surface area contributed by atoms with Gasteiger partial charge in [-0.15, -0.1) is 0 Å². The van der Waals surface area contributed by atoms with Crippen molar-refractivity contribution >= 4 is 12.0 Å². The lowest BCUT2D eigenvalue weighted by Gasteiger charge is -2.34. The fourth-order valence-corrected chi connectivity index (χ4v) is 0.906. The van der Waals surface area contributed by atoms with E-state index in [1.165, 1.54) is 0 Å². The standard InChI is InChI=1S/C10H17NO3/c1-7(2)10(3,4)14-9(13)11-6-5-8(11)12/h7H,5-6H2,1-4H3. The minimum atomic E-state index is -0.521. The summed E-state index contributed by atoms with van der Waals surface area (Å²) in [6.07, 6.45) is -0.0584. The van der Waals surface area contributed by atoms with Crippen LogP contribution < -0.4 is 0 Å². The molecule has 1 aliphatic heterocycles. The van der Waals surface area contributed by atoms with Crippen molar-refractivity contribution in [2.45, 2.75) is 39.7 Å². The first-order valence-electron chi connectivity index (χ1n) is 4.88. The lowest BCUT2D eigenvalue weighted by atomic mass is 9.95. The third kappa shape index (κ3) is 2.05. The van der Waals surface area contributed by atoms with Crippen molar-refractivity contribution < 1.29 is 14.3 Å². The zero-order valence-corrected chi connectivity index (χ0v) is 9.16. The van der Waals surface area contributed by atoms with Crippen molar-refractivity contribution in [3.05, 3.63) is 0 Å². The lowest BCUT2D eigenvalue weighted by molar-refractivity contribution is -0.139. The van der Waals surface area contributed by atoms with Crippen LogP contribution in [0.25, 0.3) is 0 Å². The second-order valence-electron chi connectivity index (χ2n) is 4.42. The monoisotopic (exact) mass is 199 g/mol. The Morgan fingerprint density at radius 3 is 2.36 bits per heavy atom. The maximum atomic E-state index is 11.4. The summed E-state index contributed by atoms with van der Waals surface area (Å²) in [6, 6.07) is 0. The Morgan fingerprint density at radius 2 is 2.07 bits per heavy atom. The highest BCUT2D eigenvalue weighted by molar-refractivity contribution is 5.96. The molecule has 0 bridgehead atoms. The van der Waals surface area contributed by atoms with E-state index in [1.54, 1.807) is 0 Å². The molecule has 4 heteroatoms. The number of carbonyl (C=O) groups excluding carboxylic acids is 2. The summed E-state index contributed by atoms with van der Waals surface area (Å²) in [6.45, 7) is 8.14. The van der Waals surface area contributed by atoms with Crippen LogP contribution in [-0.2, 0) is 9.53 Å². The van der Waals surface area contributed by atoms with Gasteiger partial charge in [0, 0.05) is 13.0 Å². The molecule has 14 heavy (non-hydrogen) atoms. The average molecular weight is 199 g/mol. The smallest absolute Gasteiger partial charge is 0.417 e. The van der Waals surface area contributed by atoms with Crippen LogP contribution in [0.4, 0.5) is 4.79 Å². The van der Waals surface area contributed by atoms with Crippen molar-refractivity contribution in [3.63, 3.8) is 0 Å². The molecule has 0 N–H and O–H groups in total. The van der Waals surface area contributed by atoms with Gasteiger partial charge in [-0.1, -0.05) is 13.8 Å². The molecule has 1 rings (SSSR count). The van der Waals surface area contributed by atoms with Crippen LogP contribution in [0.1, 0.15) is 34.1 Å². The molecule has 0 saturated carbocycles. The molecule has 1 fully saturated rings. The summed E-state index contributed by atoms with van der Waals surface area (Å²) in [5.41, 5.74) is -0.521. The quantitative estimate of drug-likeness (QED) is 0.637. The van der Waals surface area contributed by atoms with E-state index >= 15 is 0 Å². The molecule has 0 unspecified atom stereocenters. The van der Waals surface area contributed by atoms with Crippen LogP contribution in [-0.4, -0.2) is 29.0 Å². The molecule has 4 nitrogen and oxygen atoms in total. The number of imide groups is 1. The van der Waals surface area contributed by atoms with E-state index in [4.69, 9.17) is 4.74 Å². The molecule has 1 saturated heterocycles. The van der Waals surface area contributed by atoms with E-state index in [9.17, 15) is 9.59 Å². The van der Waals surface area contributed by atoms with E-state index in [0.717, 1.165) is 4.90 Å². The first-order chi connectivity index (χ1) is 6.34. The van der Waals surface area contributed by atoms with Gasteiger partial charge in [0.05, 0.1) is 0 Å². The van der Waals surface area contributed by atoms with Gasteiger partial charge in [0.25, 0.3) is 0 Å². The average Bonchev–Trinajstić information content (AvgIpc) is 2.00. The molecule has 80 valence electrons. The van der Waals surface area contributed by atoms with Gasteiger partial charge in [0.15, 0.2) is 0 Å². The van der Waals surface area contributed by atoms with Crippen LogP contribution in [0.5, 0.6) is 0 Å². The number of likely N-dealkylation sites (tertiary alicyclic amines) is 1. The van der Waals surface area contributed by atoms with Gasteiger partial charge in [0.1, 0.15) is 5.60 Å². The summed E-state index contributed by atoms with van der Waals surface area (Å²) in [4.78, 5) is 23.5. The van der Waals surface area contributed by atoms with Gasteiger partial charge in [-0.05, 0) is 19.8 Å². The second-order valence-corrected chi connectivity index (χ2v) is 4.42. The molecule has 1 aliphatic rings. The largest absolute Gasteiger partial charge is 0.443 e. The minimum Gasteiger partial charge on any atom is -0.443 e. The van der Waals surface area contributed by atoms with Gasteiger partial charge in [-0.3, -0.25) is 4.79 Å². The van der Waals surface area contributed by atoms with Crippen molar-refractivity contribution in [1.82, 2.24) is 4.90 Å². The zero-order valence-electron chi connectivity index (χ0n) is 9.16. The van der Waals surface area contributed by atoms with Gasteiger partial charge in [-0.25, -0.2) is 9.69 Å². The fourth-order valence-electron chi connectivity index (χ4n) is 0.906. The van der Waals surface area contributed by atoms with Gasteiger partial charge < -0.3 is 4.74 Å². The SMILES string of the molecule is CC(C)C(C)(C)OC(=O)N1CCC1=O. The predicted octanol–water partition coefficient (Wildman–Crippen LogP) is 1.79. The van der Waals surface area contributed by atoms with Crippen molar-refractivity contribution in [1.29, 1.82) is 0 Å². The first kappa shape index (κ1) is 11.0. The van der Waals surface area contributed by atoms with Crippen LogP contribution in [0.3, 0.4) is 0 Å². The van der Waals surface area contributed by atoms with E-state index in [0.29, 0.717) is 13.0 Å². The molecule has 0 aromatic rings. The molecular weight excluding hydrogens is 182 g/mol. The van der Waals surface area contributed by atoms with E-state index in [2.05, 4.69) is 0 Å². The Kier molecular flexibility index (Phi) is 2.83. The topological polar surface area (TPSA) is 46.6 Å². The molecule has 0 aromatic carbocycles. The molecule has 2 amide bonds. The van der Waals surface area contributed by atoms with Crippen molar-refractivity contribution in [2.24, 2.45) is 5.92 Å². The number of nitrogens with zero attached hydrogens (tertiary/aromatic N) is 1. The molecule has 0 aliphatic carbocycles. The fraction of sp³-hybridized carbons (Fsp3) is 0.800. The highest BCUT2D eigenvalue weighted by atomic mass is 16.6. The van der Waals surface area contributed by atoms with Gasteiger partial charge in [-0.2, -0.15) is 0 Å². The van der Waals surface area contributed by atoms with Crippen LogP contribution in [0.2, 0.25) is 0 Å².